The first-order valence-electron chi connectivity index (χ1n) is 9.19. The number of nitrogens with one attached hydrogen (secondary N) is 1. The number of carboxylic acid groups (broad SMARTS) is 1. The molecule has 0 saturated heterocycles. The molecule has 26 heavy (non-hydrogen) atoms. The molecule has 2 atom stereocenters. The van der Waals surface area contributed by atoms with Crippen LogP contribution in [0.5, 0.6) is 0 Å². The fourth-order valence-electron chi connectivity index (χ4n) is 2.29. The first-order valence-corrected chi connectivity index (χ1v) is 9.98. The van der Waals surface area contributed by atoms with Crippen LogP contribution in [-0.4, -0.2) is 23.0 Å². The Kier molecular flexibility index (Phi) is 11.5. The van der Waals surface area contributed by atoms with Crippen molar-refractivity contribution in [3.63, 3.8) is 0 Å². The van der Waals surface area contributed by atoms with Gasteiger partial charge in [0.2, 0.25) is 5.91 Å². The molecule has 0 rings (SSSR count). The Bertz CT molecular complexity index is 558. The maximum Gasteiger partial charge on any atom is 0.326 e. The van der Waals surface area contributed by atoms with E-state index in [1.807, 2.05) is 26.8 Å². The summed E-state index contributed by atoms with van der Waals surface area (Å²) in [5.74, 6) is -1.46. The van der Waals surface area contributed by atoms with Gasteiger partial charge in [-0.25, -0.2) is 4.79 Å². The quantitative estimate of drug-likeness (QED) is 0.333. The minimum atomic E-state index is -0.994. The molecule has 0 aliphatic heterocycles. The molecular formula is C21H34BrNO3. The Labute approximate surface area is 167 Å². The van der Waals surface area contributed by atoms with Gasteiger partial charge in [-0.2, -0.15) is 0 Å². The Balaban J connectivity index is 4.69. The molecule has 0 bridgehead atoms. The highest BCUT2D eigenvalue weighted by Crippen LogP contribution is 2.24. The van der Waals surface area contributed by atoms with Gasteiger partial charge >= 0.3 is 5.97 Å². The number of amides is 1. The molecular weight excluding hydrogens is 394 g/mol. The zero-order chi connectivity index (χ0) is 20.3. The summed E-state index contributed by atoms with van der Waals surface area (Å²) in [6.07, 6.45) is 11.2. The predicted octanol–water partition coefficient (Wildman–Crippen LogP) is 5.60. The highest BCUT2D eigenvalue weighted by atomic mass is 79.9. The maximum absolute atomic E-state index is 12.1. The third-order valence-electron chi connectivity index (χ3n) is 4.40. The molecule has 0 fully saturated rings. The average molecular weight is 428 g/mol. The van der Waals surface area contributed by atoms with Gasteiger partial charge < -0.3 is 10.4 Å². The van der Waals surface area contributed by atoms with E-state index in [1.54, 1.807) is 0 Å². The number of carbonyl (C=O) groups excluding carboxylic acids is 1. The molecule has 0 unspecified atom stereocenters. The fourth-order valence-corrected chi connectivity index (χ4v) is 2.52. The second-order valence-electron chi connectivity index (χ2n) is 7.62. The number of allylic oxidation sites excluding steroid dienone is 5. The van der Waals surface area contributed by atoms with Crippen LogP contribution in [0.1, 0.15) is 67.2 Å². The molecule has 0 aromatic carbocycles. The summed E-state index contributed by atoms with van der Waals surface area (Å²) in [7, 11) is 0. The minimum Gasteiger partial charge on any atom is -0.480 e. The summed E-state index contributed by atoms with van der Waals surface area (Å²) in [6, 6.07) is -0.853. The van der Waals surface area contributed by atoms with Gasteiger partial charge in [0.15, 0.2) is 0 Å². The molecule has 0 radical (unpaired) electrons. The molecule has 0 spiro atoms. The van der Waals surface area contributed by atoms with Crippen LogP contribution in [0, 0.1) is 11.3 Å². The van der Waals surface area contributed by atoms with E-state index in [-0.39, 0.29) is 17.2 Å². The standard InChI is InChI=1S/C21H34BrNO3/c1-7-16(3)19(20(25)26)23-18(24)12-14-21(5,6)13-11-15(2)9-8-10-17(4)22/h10-12,14,16,19H,7-9,13H2,1-6H3,(H,23,24)(H,25,26)/b14-12+,15-11+,17-10+/t16-,19-/m0/s1. The number of carbonyl (C=O) groups is 2. The first-order chi connectivity index (χ1) is 12.0. The van der Waals surface area contributed by atoms with E-state index in [0.29, 0.717) is 6.42 Å². The lowest BCUT2D eigenvalue weighted by Gasteiger charge is -2.21. The third kappa shape index (κ3) is 11.3. The van der Waals surface area contributed by atoms with Crippen molar-refractivity contribution in [1.82, 2.24) is 5.32 Å². The van der Waals surface area contributed by atoms with Crippen LogP contribution in [0.25, 0.3) is 0 Å². The molecule has 148 valence electrons. The average Bonchev–Trinajstić information content (AvgIpc) is 2.55. The van der Waals surface area contributed by atoms with E-state index in [1.165, 1.54) is 11.6 Å². The Morgan fingerprint density at radius 1 is 1.23 bits per heavy atom. The minimum absolute atomic E-state index is 0.111. The van der Waals surface area contributed by atoms with Crippen molar-refractivity contribution < 1.29 is 14.7 Å². The largest absolute Gasteiger partial charge is 0.480 e. The van der Waals surface area contributed by atoms with Crippen LogP contribution in [-0.2, 0) is 9.59 Å². The number of hydrogen-bond acceptors (Lipinski definition) is 2. The molecule has 0 saturated carbocycles. The van der Waals surface area contributed by atoms with Crippen molar-refractivity contribution in [3.8, 4) is 0 Å². The van der Waals surface area contributed by atoms with Gasteiger partial charge in [0.25, 0.3) is 0 Å². The topological polar surface area (TPSA) is 66.4 Å². The normalized spacial score (nSPS) is 15.8. The Morgan fingerprint density at radius 2 is 1.85 bits per heavy atom. The van der Waals surface area contributed by atoms with Crippen molar-refractivity contribution in [2.45, 2.75) is 73.3 Å². The molecule has 4 nitrogen and oxygen atoms in total. The van der Waals surface area contributed by atoms with Crippen molar-refractivity contribution >= 4 is 27.8 Å². The van der Waals surface area contributed by atoms with Crippen molar-refractivity contribution in [2.24, 2.45) is 11.3 Å². The monoisotopic (exact) mass is 427 g/mol. The van der Waals surface area contributed by atoms with E-state index in [0.717, 1.165) is 23.7 Å². The second kappa shape index (κ2) is 12.1. The lowest BCUT2D eigenvalue weighted by Crippen LogP contribution is -2.44. The molecule has 1 amide bonds. The maximum atomic E-state index is 12.1. The van der Waals surface area contributed by atoms with E-state index < -0.39 is 12.0 Å². The van der Waals surface area contributed by atoms with Gasteiger partial charge in [-0.3, -0.25) is 4.79 Å². The highest BCUT2D eigenvalue weighted by Gasteiger charge is 2.24. The zero-order valence-electron chi connectivity index (χ0n) is 16.9. The number of aliphatic carboxylic acids is 1. The highest BCUT2D eigenvalue weighted by molar-refractivity contribution is 9.11. The molecule has 5 heteroatoms. The number of halogens is 1. The van der Waals surface area contributed by atoms with E-state index in [4.69, 9.17) is 0 Å². The fraction of sp³-hybridized carbons (Fsp3) is 0.619. The van der Waals surface area contributed by atoms with Crippen molar-refractivity contribution in [1.29, 1.82) is 0 Å². The number of hydrogen-bond donors (Lipinski definition) is 2. The van der Waals surface area contributed by atoms with E-state index in [9.17, 15) is 14.7 Å². The summed E-state index contributed by atoms with van der Waals surface area (Å²) in [5.41, 5.74) is 1.15. The summed E-state index contributed by atoms with van der Waals surface area (Å²) in [5, 5.41) is 11.8. The van der Waals surface area contributed by atoms with Gasteiger partial charge in [-0.05, 0) is 55.0 Å². The summed E-state index contributed by atoms with van der Waals surface area (Å²) in [6.45, 7) is 12.0. The van der Waals surface area contributed by atoms with Crippen molar-refractivity contribution in [3.05, 3.63) is 34.4 Å². The van der Waals surface area contributed by atoms with E-state index in [2.05, 4.69) is 54.2 Å². The SMILES string of the molecule is CC[C@H](C)[C@H](NC(=O)/C=C/C(C)(C)C/C=C(\C)CC/C=C(\C)Br)C(=O)O. The molecule has 0 aromatic heterocycles. The second-order valence-corrected chi connectivity index (χ2v) is 8.87. The summed E-state index contributed by atoms with van der Waals surface area (Å²) < 4.78 is 1.15. The van der Waals surface area contributed by atoms with Crippen molar-refractivity contribution in [2.75, 3.05) is 0 Å². The lowest BCUT2D eigenvalue weighted by atomic mass is 9.87. The number of rotatable bonds is 11. The lowest BCUT2D eigenvalue weighted by molar-refractivity contribution is -0.142. The molecule has 0 aliphatic rings. The van der Waals surface area contributed by atoms with E-state index >= 15 is 0 Å². The zero-order valence-corrected chi connectivity index (χ0v) is 18.5. The molecule has 0 aliphatic carbocycles. The molecule has 0 aromatic rings. The van der Waals surface area contributed by atoms with Gasteiger partial charge in [0, 0.05) is 0 Å². The van der Waals surface area contributed by atoms with Crippen LogP contribution in [0.3, 0.4) is 0 Å². The van der Waals surface area contributed by atoms with Crippen LogP contribution in [0.15, 0.2) is 34.4 Å². The smallest absolute Gasteiger partial charge is 0.326 e. The molecule has 2 N–H and O–H groups in total. The van der Waals surface area contributed by atoms with Gasteiger partial charge in [0.1, 0.15) is 6.04 Å². The van der Waals surface area contributed by atoms with Gasteiger partial charge in [0.05, 0.1) is 0 Å². The van der Waals surface area contributed by atoms with Gasteiger partial charge in [-0.1, -0.05) is 73.8 Å². The third-order valence-corrected chi connectivity index (χ3v) is 4.73. The Hall–Kier alpha value is -1.36. The van der Waals surface area contributed by atoms with Crippen LogP contribution < -0.4 is 5.32 Å². The predicted molar refractivity (Wildman–Crippen MR) is 112 cm³/mol. The summed E-state index contributed by atoms with van der Waals surface area (Å²) >= 11 is 3.43. The molecule has 0 heterocycles. The van der Waals surface area contributed by atoms with Gasteiger partial charge in [-0.15, -0.1) is 0 Å². The first kappa shape index (κ1) is 24.6. The number of carboxylic acids is 1. The Morgan fingerprint density at radius 3 is 2.35 bits per heavy atom. The van der Waals surface area contributed by atoms with Crippen LogP contribution in [0.4, 0.5) is 0 Å². The summed E-state index contributed by atoms with van der Waals surface area (Å²) in [4.78, 5) is 23.4. The van der Waals surface area contributed by atoms with Crippen LogP contribution >= 0.6 is 15.9 Å². The van der Waals surface area contributed by atoms with Crippen LogP contribution in [0.2, 0.25) is 0 Å².